The van der Waals surface area contributed by atoms with Gasteiger partial charge in [-0.05, 0) is 55.5 Å². The van der Waals surface area contributed by atoms with Crippen LogP contribution < -0.4 is 15.6 Å². The number of anilines is 1. The highest BCUT2D eigenvalue weighted by atomic mass is 19.1. The van der Waals surface area contributed by atoms with E-state index in [4.69, 9.17) is 9.84 Å². The lowest BCUT2D eigenvalue weighted by Crippen LogP contribution is -2.23. The summed E-state index contributed by atoms with van der Waals surface area (Å²) in [5.41, 5.74) is 3.39. The van der Waals surface area contributed by atoms with E-state index in [9.17, 15) is 19.2 Å². The van der Waals surface area contributed by atoms with Crippen molar-refractivity contribution in [3.63, 3.8) is 0 Å². The van der Waals surface area contributed by atoms with Gasteiger partial charge in [-0.3, -0.25) is 14.3 Å². The molecule has 47 heavy (non-hydrogen) atoms. The molecule has 10 heteroatoms. The zero-order chi connectivity index (χ0) is 32.9. The fourth-order valence-electron chi connectivity index (χ4n) is 5.14. The molecule has 0 aliphatic rings. The van der Waals surface area contributed by atoms with Gasteiger partial charge in [0.1, 0.15) is 41.2 Å². The minimum Gasteiger partial charge on any atom is -0.489 e. The molecule has 1 amide bonds. The number of para-hydroxylation sites is 2. The van der Waals surface area contributed by atoms with Crippen molar-refractivity contribution in [2.45, 2.75) is 13.5 Å². The van der Waals surface area contributed by atoms with Crippen molar-refractivity contribution in [3.8, 4) is 34.5 Å². The molecule has 0 atom stereocenters. The Morgan fingerprint density at radius 1 is 0.957 bits per heavy atom. The Kier molecular flexibility index (Phi) is 8.62. The van der Waals surface area contributed by atoms with Crippen molar-refractivity contribution in [1.82, 2.24) is 19.1 Å². The first-order valence-electron chi connectivity index (χ1n) is 14.7. The lowest BCUT2D eigenvalue weighted by Gasteiger charge is -2.09. The van der Waals surface area contributed by atoms with E-state index in [1.807, 2.05) is 60.7 Å². The zero-order valence-electron chi connectivity index (χ0n) is 25.6. The fourth-order valence-corrected chi connectivity index (χ4v) is 5.14. The van der Waals surface area contributed by atoms with Gasteiger partial charge in [0.2, 0.25) is 0 Å². The Morgan fingerprint density at radius 3 is 2.34 bits per heavy atom. The van der Waals surface area contributed by atoms with E-state index in [-0.39, 0.29) is 23.7 Å². The highest BCUT2D eigenvalue weighted by molar-refractivity contribution is 6.10. The third-order valence-corrected chi connectivity index (χ3v) is 7.68. The molecular formula is C37H29FN6O3. The van der Waals surface area contributed by atoms with Gasteiger partial charge in [0, 0.05) is 29.9 Å². The molecule has 2 aromatic heterocycles. The van der Waals surface area contributed by atoms with Crippen LogP contribution in [0.4, 0.5) is 10.1 Å². The van der Waals surface area contributed by atoms with Crippen molar-refractivity contribution in [2.75, 3.05) is 5.32 Å². The number of nitrogens with zero attached hydrogens (tertiary/aromatic N) is 5. The molecule has 232 valence electrons. The molecule has 0 saturated carbocycles. The van der Waals surface area contributed by atoms with Gasteiger partial charge in [0.15, 0.2) is 0 Å². The number of nitrogens with one attached hydrogen (secondary N) is 1. The van der Waals surface area contributed by atoms with E-state index < -0.39 is 11.5 Å². The topological polar surface area (TPSA) is 107 Å². The second-order valence-corrected chi connectivity index (χ2v) is 10.7. The highest BCUT2D eigenvalue weighted by Gasteiger charge is 2.21. The summed E-state index contributed by atoms with van der Waals surface area (Å²) in [5.74, 6) is -0.606. The summed E-state index contributed by atoms with van der Waals surface area (Å²) in [7, 11) is 1.72. The van der Waals surface area contributed by atoms with Crippen LogP contribution in [0.5, 0.6) is 5.75 Å². The normalized spacial score (nSPS) is 11.2. The van der Waals surface area contributed by atoms with E-state index >= 15 is 0 Å². The average Bonchev–Trinajstić information content (AvgIpc) is 3.62. The van der Waals surface area contributed by atoms with E-state index in [1.54, 1.807) is 78.1 Å². The van der Waals surface area contributed by atoms with Crippen LogP contribution in [0.1, 0.15) is 16.8 Å². The Hall–Kier alpha value is -6.47. The van der Waals surface area contributed by atoms with Gasteiger partial charge in [-0.15, -0.1) is 0 Å². The van der Waals surface area contributed by atoms with Gasteiger partial charge < -0.3 is 10.1 Å². The molecule has 0 fully saturated rings. The number of hydrogen-bond donors (Lipinski definition) is 1. The van der Waals surface area contributed by atoms with Crippen LogP contribution in [-0.2, 0) is 18.4 Å². The Balaban J connectivity index is 1.35. The van der Waals surface area contributed by atoms with Crippen LogP contribution in [0.2, 0.25) is 0 Å². The van der Waals surface area contributed by atoms with E-state index in [2.05, 4.69) is 5.32 Å². The standard InChI is InChI=1S/C37H29FN6O3/c1-25-34(37(46)44(42(25)2)31-16-7-4-8-17-31)40-36(45)28(22-39)20-29-23-43(30-14-5-3-6-15-30)41-35(29)26-13-11-18-32(21-26)47-24-27-12-9-10-19-33(27)38/h3-21,23H,24H2,1-2H3,(H,40,45). The van der Waals surface area contributed by atoms with E-state index in [1.165, 1.54) is 16.8 Å². The second-order valence-electron chi connectivity index (χ2n) is 10.7. The number of nitriles is 1. The number of amides is 1. The molecule has 0 unspecified atom stereocenters. The van der Waals surface area contributed by atoms with Gasteiger partial charge >= 0.3 is 0 Å². The smallest absolute Gasteiger partial charge is 0.295 e. The lowest BCUT2D eigenvalue weighted by atomic mass is 10.1. The van der Waals surface area contributed by atoms with Crippen LogP contribution in [-0.4, -0.2) is 25.1 Å². The largest absolute Gasteiger partial charge is 0.489 e. The quantitative estimate of drug-likeness (QED) is 0.144. The molecule has 0 saturated heterocycles. The van der Waals surface area contributed by atoms with Gasteiger partial charge in [-0.2, -0.15) is 10.4 Å². The first kappa shape index (κ1) is 30.6. The molecule has 9 nitrogen and oxygen atoms in total. The third-order valence-electron chi connectivity index (χ3n) is 7.68. The average molecular weight is 625 g/mol. The number of carbonyl (C=O) groups is 1. The van der Waals surface area contributed by atoms with E-state index in [0.717, 1.165) is 5.69 Å². The molecule has 0 aliphatic heterocycles. The summed E-state index contributed by atoms with van der Waals surface area (Å²) in [4.78, 5) is 26.9. The van der Waals surface area contributed by atoms with Crippen LogP contribution in [0.25, 0.3) is 28.7 Å². The molecule has 0 aliphatic carbocycles. The number of carbonyl (C=O) groups excluding carboxylic acids is 1. The van der Waals surface area contributed by atoms with Crippen molar-refractivity contribution in [1.29, 1.82) is 5.26 Å². The predicted octanol–water partition coefficient (Wildman–Crippen LogP) is 6.60. The van der Waals surface area contributed by atoms with Gasteiger partial charge in [0.25, 0.3) is 11.5 Å². The Labute approximate surface area is 270 Å². The van der Waals surface area contributed by atoms with Crippen molar-refractivity contribution in [3.05, 3.63) is 154 Å². The summed E-state index contributed by atoms with van der Waals surface area (Å²) >= 11 is 0. The van der Waals surface area contributed by atoms with Crippen LogP contribution in [0.3, 0.4) is 0 Å². The van der Waals surface area contributed by atoms with Gasteiger partial charge in [-0.25, -0.2) is 13.8 Å². The minimum atomic E-state index is -0.737. The van der Waals surface area contributed by atoms with Crippen LogP contribution in [0, 0.1) is 24.1 Å². The number of benzene rings is 4. The predicted molar refractivity (Wildman–Crippen MR) is 178 cm³/mol. The number of halogens is 1. The monoisotopic (exact) mass is 624 g/mol. The van der Waals surface area contributed by atoms with Gasteiger partial charge in [-0.1, -0.05) is 66.7 Å². The first-order chi connectivity index (χ1) is 22.8. The molecule has 0 bridgehead atoms. The second kappa shape index (κ2) is 13.3. The van der Waals surface area contributed by atoms with Gasteiger partial charge in [0.05, 0.1) is 17.1 Å². The Morgan fingerprint density at radius 2 is 1.64 bits per heavy atom. The molecule has 2 heterocycles. The Bertz CT molecular complexity index is 2210. The highest BCUT2D eigenvalue weighted by Crippen LogP contribution is 2.29. The van der Waals surface area contributed by atoms with Crippen LogP contribution in [0.15, 0.2) is 126 Å². The molecule has 1 N–H and O–H groups in total. The lowest BCUT2D eigenvalue weighted by molar-refractivity contribution is -0.112. The maximum absolute atomic E-state index is 14.2. The van der Waals surface area contributed by atoms with Crippen molar-refractivity contribution >= 4 is 17.7 Å². The summed E-state index contributed by atoms with van der Waals surface area (Å²) in [6.07, 6.45) is 3.16. The maximum Gasteiger partial charge on any atom is 0.295 e. The SMILES string of the molecule is Cc1c(NC(=O)C(C#N)=Cc2cn(-c3ccccc3)nc2-c2cccc(OCc3ccccc3F)c2)c(=O)n(-c2ccccc2)n1C. The molecule has 0 radical (unpaired) electrons. The summed E-state index contributed by atoms with van der Waals surface area (Å²) < 4.78 is 24.8. The molecule has 6 aromatic rings. The molecule has 0 spiro atoms. The number of hydrogen-bond acceptors (Lipinski definition) is 5. The molecule has 6 rings (SSSR count). The fraction of sp³-hybridized carbons (Fsp3) is 0.0811. The molecular weight excluding hydrogens is 595 g/mol. The number of ether oxygens (including phenoxy) is 1. The van der Waals surface area contributed by atoms with Crippen molar-refractivity contribution in [2.24, 2.45) is 7.05 Å². The summed E-state index contributed by atoms with van der Waals surface area (Å²) in [6, 6.07) is 34.0. The number of aromatic nitrogens is 4. The maximum atomic E-state index is 14.2. The zero-order valence-corrected chi connectivity index (χ0v) is 25.6. The van der Waals surface area contributed by atoms with Crippen molar-refractivity contribution < 1.29 is 13.9 Å². The van der Waals surface area contributed by atoms with E-state index in [0.29, 0.717) is 39.5 Å². The summed E-state index contributed by atoms with van der Waals surface area (Å²) in [6.45, 7) is 1.75. The van der Waals surface area contributed by atoms with Crippen LogP contribution >= 0.6 is 0 Å². The third kappa shape index (κ3) is 6.36. The summed E-state index contributed by atoms with van der Waals surface area (Å²) in [5, 5.41) is 17.5. The minimum absolute atomic E-state index is 0.0327. The number of rotatable bonds is 9. The first-order valence-corrected chi connectivity index (χ1v) is 14.7. The molecule has 4 aromatic carbocycles.